The van der Waals surface area contributed by atoms with Crippen molar-refractivity contribution in [3.05, 3.63) is 29.8 Å². The smallest absolute Gasteiger partial charge is 0.260 e. The van der Waals surface area contributed by atoms with Crippen LogP contribution in [0.4, 0.5) is 0 Å². The Morgan fingerprint density at radius 3 is 2.84 bits per heavy atom. The van der Waals surface area contributed by atoms with E-state index < -0.39 is 10.0 Å². The van der Waals surface area contributed by atoms with E-state index in [2.05, 4.69) is 21.7 Å². The zero-order chi connectivity index (χ0) is 21.7. The van der Waals surface area contributed by atoms with Gasteiger partial charge in [0.2, 0.25) is 10.0 Å². The van der Waals surface area contributed by atoms with Crippen LogP contribution in [0.1, 0.15) is 32.1 Å². The predicted molar refractivity (Wildman–Crippen MR) is 113 cm³/mol. The number of morpholine rings is 1. The summed E-state index contributed by atoms with van der Waals surface area (Å²) in [6, 6.07) is 4.54. The van der Waals surface area contributed by atoms with Crippen molar-refractivity contribution in [1.82, 2.24) is 24.8 Å². The van der Waals surface area contributed by atoms with Crippen LogP contribution in [-0.2, 0) is 19.6 Å². The Morgan fingerprint density at radius 1 is 1.23 bits per heavy atom. The summed E-state index contributed by atoms with van der Waals surface area (Å²) in [5.41, 5.74) is 2.25. The second-order valence-corrected chi connectivity index (χ2v) is 9.55. The van der Waals surface area contributed by atoms with E-state index in [0.717, 1.165) is 24.1 Å². The van der Waals surface area contributed by atoms with E-state index in [1.165, 1.54) is 34.9 Å². The molecule has 168 valence electrons. The van der Waals surface area contributed by atoms with Gasteiger partial charge in [-0.15, -0.1) is 5.10 Å². The number of ether oxygens (including phenoxy) is 1. The second-order valence-electron chi connectivity index (χ2n) is 7.61. The van der Waals surface area contributed by atoms with Gasteiger partial charge in [0.1, 0.15) is 11.0 Å². The number of allylic oxidation sites excluding steroid dienone is 1. The molecule has 1 aromatic heterocycles. The molecule has 1 aliphatic heterocycles. The largest absolute Gasteiger partial charge is 0.385 e. The summed E-state index contributed by atoms with van der Waals surface area (Å²) in [5.74, 6) is -0.267. The number of nitrogens with zero attached hydrogens (tertiary/aromatic N) is 4. The molecule has 1 N–H and O–H groups in total. The maximum absolute atomic E-state index is 12.9. The molecule has 0 saturated carbocycles. The molecule has 0 radical (unpaired) electrons. The molecule has 0 atom stereocenters. The van der Waals surface area contributed by atoms with Crippen LogP contribution >= 0.6 is 0 Å². The highest BCUT2D eigenvalue weighted by Gasteiger charge is 2.27. The Kier molecular flexibility index (Phi) is 6.83. The Labute approximate surface area is 181 Å². The van der Waals surface area contributed by atoms with E-state index in [9.17, 15) is 13.2 Å². The van der Waals surface area contributed by atoms with Gasteiger partial charge in [-0.2, -0.15) is 4.31 Å². The summed E-state index contributed by atoms with van der Waals surface area (Å²) in [7, 11) is -3.66. The molecule has 1 aromatic carbocycles. The second kappa shape index (κ2) is 9.75. The zero-order valence-corrected chi connectivity index (χ0v) is 18.1. The fourth-order valence-electron chi connectivity index (χ4n) is 3.73. The minimum atomic E-state index is -3.66. The third-order valence-electron chi connectivity index (χ3n) is 5.47. The fraction of sp³-hybridized carbons (Fsp3) is 0.550. The summed E-state index contributed by atoms with van der Waals surface area (Å²) in [4.78, 5) is 18.8. The molecule has 1 saturated heterocycles. The first kappa shape index (κ1) is 21.7. The third kappa shape index (κ3) is 5.23. The van der Waals surface area contributed by atoms with Crippen molar-refractivity contribution >= 4 is 27.0 Å². The summed E-state index contributed by atoms with van der Waals surface area (Å²) < 4.78 is 32.4. The number of fused-ring (bicyclic) bond motifs is 1. The summed E-state index contributed by atoms with van der Waals surface area (Å²) in [6.45, 7) is 1.69. The molecule has 2 aliphatic rings. The number of aromatic nitrogens is 3. The molecule has 4 rings (SSSR count). The Balaban J connectivity index is 1.37. The highest BCUT2D eigenvalue weighted by molar-refractivity contribution is 7.89. The Bertz CT molecular complexity index is 1060. The molecule has 1 amide bonds. The van der Waals surface area contributed by atoms with Crippen molar-refractivity contribution < 1.29 is 22.8 Å². The van der Waals surface area contributed by atoms with Crippen LogP contribution in [0.2, 0.25) is 0 Å². The summed E-state index contributed by atoms with van der Waals surface area (Å²) in [6.07, 6.45) is 7.79. The standard InChI is InChI=1S/C20H27N5O5S/c26-20(21-9-8-16-4-2-1-3-5-16)15-30-25-19-14-17(6-7-18(19)22-23-25)31(27,28)24-10-12-29-13-11-24/h4,6-7,14H,1-3,5,8-13,15H2,(H,21,26). The summed E-state index contributed by atoms with van der Waals surface area (Å²) in [5, 5.41) is 10.7. The normalized spacial score (nSPS) is 18.0. The van der Waals surface area contributed by atoms with Gasteiger partial charge >= 0.3 is 0 Å². The van der Waals surface area contributed by atoms with Crippen molar-refractivity contribution in [3.63, 3.8) is 0 Å². The van der Waals surface area contributed by atoms with E-state index in [-0.39, 0.29) is 17.4 Å². The van der Waals surface area contributed by atoms with Crippen LogP contribution in [0.3, 0.4) is 0 Å². The van der Waals surface area contributed by atoms with Crippen molar-refractivity contribution in [2.45, 2.75) is 37.0 Å². The molecule has 1 aliphatic carbocycles. The lowest BCUT2D eigenvalue weighted by Crippen LogP contribution is -2.40. The van der Waals surface area contributed by atoms with Crippen molar-refractivity contribution in [2.24, 2.45) is 0 Å². The average molecular weight is 450 g/mol. The molecule has 11 heteroatoms. The van der Waals surface area contributed by atoms with Crippen molar-refractivity contribution in [3.8, 4) is 0 Å². The van der Waals surface area contributed by atoms with Crippen LogP contribution in [0.25, 0.3) is 11.0 Å². The van der Waals surface area contributed by atoms with E-state index >= 15 is 0 Å². The lowest BCUT2D eigenvalue weighted by Gasteiger charge is -2.26. The van der Waals surface area contributed by atoms with E-state index in [1.807, 2.05) is 0 Å². The Morgan fingerprint density at radius 2 is 2.06 bits per heavy atom. The molecule has 0 spiro atoms. The maximum Gasteiger partial charge on any atom is 0.260 e. The van der Waals surface area contributed by atoms with Crippen LogP contribution in [0, 0.1) is 0 Å². The van der Waals surface area contributed by atoms with Crippen LogP contribution in [-0.4, -0.2) is 73.2 Å². The van der Waals surface area contributed by atoms with Crippen molar-refractivity contribution in [1.29, 1.82) is 0 Å². The van der Waals surface area contributed by atoms with Gasteiger partial charge in [-0.1, -0.05) is 16.5 Å². The van der Waals surface area contributed by atoms with E-state index in [4.69, 9.17) is 9.57 Å². The summed E-state index contributed by atoms with van der Waals surface area (Å²) >= 11 is 0. The number of amides is 1. The molecule has 10 nitrogen and oxygen atoms in total. The molecule has 2 aromatic rings. The van der Waals surface area contributed by atoms with Gasteiger partial charge in [0.05, 0.1) is 18.1 Å². The highest BCUT2D eigenvalue weighted by Crippen LogP contribution is 2.21. The van der Waals surface area contributed by atoms with Gasteiger partial charge in [0.25, 0.3) is 5.91 Å². The van der Waals surface area contributed by atoms with Crippen molar-refractivity contribution in [2.75, 3.05) is 39.5 Å². The number of rotatable bonds is 8. The lowest BCUT2D eigenvalue weighted by molar-refractivity contribution is -0.126. The number of sulfonamides is 1. The van der Waals surface area contributed by atoms with Gasteiger partial charge in [-0.25, -0.2) is 8.42 Å². The van der Waals surface area contributed by atoms with Gasteiger partial charge in [-0.05, 0) is 55.5 Å². The maximum atomic E-state index is 12.9. The monoisotopic (exact) mass is 449 g/mol. The number of nitrogens with one attached hydrogen (secondary N) is 1. The molecule has 2 heterocycles. The third-order valence-corrected chi connectivity index (χ3v) is 7.36. The SMILES string of the molecule is O=C(COn1nnc2ccc(S(=O)(=O)N3CCOCC3)cc21)NCCC1=CCCCC1. The quantitative estimate of drug-likeness (QED) is 0.595. The first-order chi connectivity index (χ1) is 15.0. The number of hydrogen-bond donors (Lipinski definition) is 1. The number of hydrogen-bond acceptors (Lipinski definition) is 7. The topological polar surface area (TPSA) is 116 Å². The zero-order valence-electron chi connectivity index (χ0n) is 17.3. The number of benzene rings is 1. The van der Waals surface area contributed by atoms with Gasteiger partial charge < -0.3 is 14.9 Å². The minimum absolute atomic E-state index is 0.124. The van der Waals surface area contributed by atoms with Crippen LogP contribution < -0.4 is 10.2 Å². The molecular formula is C20H27N5O5S. The first-order valence-corrected chi connectivity index (χ1v) is 12.0. The number of carbonyl (C=O) groups excluding carboxylic acids is 1. The van der Waals surface area contributed by atoms with Gasteiger partial charge in [-0.3, -0.25) is 4.79 Å². The molecule has 0 bridgehead atoms. The first-order valence-electron chi connectivity index (χ1n) is 10.6. The predicted octanol–water partition coefficient (Wildman–Crippen LogP) is 0.888. The van der Waals surface area contributed by atoms with E-state index in [1.54, 1.807) is 6.07 Å². The lowest BCUT2D eigenvalue weighted by atomic mass is 9.97. The fourth-order valence-corrected chi connectivity index (χ4v) is 5.16. The van der Waals surface area contributed by atoms with Gasteiger partial charge in [0, 0.05) is 19.6 Å². The minimum Gasteiger partial charge on any atom is -0.385 e. The van der Waals surface area contributed by atoms with Crippen LogP contribution in [0.15, 0.2) is 34.7 Å². The Hall–Kier alpha value is -2.50. The van der Waals surface area contributed by atoms with Crippen LogP contribution in [0.5, 0.6) is 0 Å². The molecule has 0 unspecified atom stereocenters. The molecule has 1 fully saturated rings. The molecular weight excluding hydrogens is 422 g/mol. The average Bonchev–Trinajstić information content (AvgIpc) is 3.21. The highest BCUT2D eigenvalue weighted by atomic mass is 32.2. The molecule has 31 heavy (non-hydrogen) atoms. The van der Waals surface area contributed by atoms with E-state index in [0.29, 0.717) is 43.9 Å². The number of carbonyl (C=O) groups is 1. The van der Waals surface area contributed by atoms with Gasteiger partial charge in [0.15, 0.2) is 6.61 Å².